The van der Waals surface area contributed by atoms with E-state index in [0.717, 1.165) is 5.56 Å². The fourth-order valence-electron chi connectivity index (χ4n) is 1.13. The molecule has 0 aliphatic rings. The second kappa shape index (κ2) is 3.08. The van der Waals surface area contributed by atoms with Crippen LogP contribution in [-0.2, 0) is 5.54 Å². The molecule has 0 saturated heterocycles. The zero-order chi connectivity index (χ0) is 10.1. The third-order valence-corrected chi connectivity index (χ3v) is 1.94. The minimum Gasteiger partial charge on any atom is -0.508 e. The molecule has 0 bridgehead atoms. The number of aryl methyl sites for hydroxylation is 1. The summed E-state index contributed by atoms with van der Waals surface area (Å²) in [6, 6.07) is 6.98. The van der Waals surface area contributed by atoms with Gasteiger partial charge < -0.3 is 10.8 Å². The lowest BCUT2D eigenvalue weighted by atomic mass is 9.93. The third kappa shape index (κ3) is 1.79. The molecule has 0 spiro atoms. The Bertz CT molecular complexity index is 364. The SMILES string of the molecule is Cc1ccc(O)c([C@@](C)(N)C#N)c1. The molecule has 0 radical (unpaired) electrons. The molecule has 0 aromatic heterocycles. The van der Waals surface area contributed by atoms with Crippen LogP contribution in [0.2, 0.25) is 0 Å². The Morgan fingerprint density at radius 2 is 2.15 bits per heavy atom. The van der Waals surface area contributed by atoms with Crippen molar-refractivity contribution in [1.29, 1.82) is 5.26 Å². The summed E-state index contributed by atoms with van der Waals surface area (Å²) in [4.78, 5) is 0. The number of nitrogens with zero attached hydrogens (tertiary/aromatic N) is 1. The van der Waals surface area contributed by atoms with Crippen molar-refractivity contribution in [3.05, 3.63) is 29.3 Å². The van der Waals surface area contributed by atoms with Crippen LogP contribution in [-0.4, -0.2) is 5.11 Å². The number of phenols is 1. The molecule has 3 N–H and O–H groups in total. The molecule has 0 unspecified atom stereocenters. The molecule has 3 nitrogen and oxygen atoms in total. The molecule has 0 aliphatic heterocycles. The van der Waals surface area contributed by atoms with E-state index in [1.807, 2.05) is 13.0 Å². The summed E-state index contributed by atoms with van der Waals surface area (Å²) in [5, 5.41) is 18.2. The largest absolute Gasteiger partial charge is 0.508 e. The quantitative estimate of drug-likeness (QED) is 0.679. The molecule has 1 aromatic rings. The van der Waals surface area contributed by atoms with Crippen LogP contribution in [0.25, 0.3) is 0 Å². The van der Waals surface area contributed by atoms with Crippen LogP contribution in [0.5, 0.6) is 5.75 Å². The van der Waals surface area contributed by atoms with Gasteiger partial charge in [-0.05, 0) is 26.0 Å². The molecule has 13 heavy (non-hydrogen) atoms. The Morgan fingerprint density at radius 1 is 1.54 bits per heavy atom. The molecule has 3 heteroatoms. The van der Waals surface area contributed by atoms with Crippen LogP contribution in [0.4, 0.5) is 0 Å². The zero-order valence-electron chi connectivity index (χ0n) is 7.70. The van der Waals surface area contributed by atoms with E-state index in [1.165, 1.54) is 0 Å². The van der Waals surface area contributed by atoms with Gasteiger partial charge in [-0.3, -0.25) is 0 Å². The van der Waals surface area contributed by atoms with Gasteiger partial charge >= 0.3 is 0 Å². The topological polar surface area (TPSA) is 70.0 Å². The molecular formula is C10H12N2O. The van der Waals surface area contributed by atoms with Gasteiger partial charge in [0.25, 0.3) is 0 Å². The van der Waals surface area contributed by atoms with Crippen molar-refractivity contribution in [2.75, 3.05) is 0 Å². The van der Waals surface area contributed by atoms with E-state index < -0.39 is 5.54 Å². The number of aromatic hydroxyl groups is 1. The Hall–Kier alpha value is -1.53. The lowest BCUT2D eigenvalue weighted by molar-refractivity contribution is 0.453. The minimum atomic E-state index is -1.13. The van der Waals surface area contributed by atoms with E-state index in [2.05, 4.69) is 0 Å². The van der Waals surface area contributed by atoms with Gasteiger partial charge in [-0.1, -0.05) is 11.6 Å². The van der Waals surface area contributed by atoms with Crippen molar-refractivity contribution in [2.24, 2.45) is 5.73 Å². The van der Waals surface area contributed by atoms with Crippen molar-refractivity contribution in [1.82, 2.24) is 0 Å². The Morgan fingerprint density at radius 3 is 2.69 bits per heavy atom. The first-order valence-corrected chi connectivity index (χ1v) is 3.97. The van der Waals surface area contributed by atoms with Gasteiger partial charge in [-0.25, -0.2) is 0 Å². The molecule has 0 fully saturated rings. The van der Waals surface area contributed by atoms with Crippen LogP contribution >= 0.6 is 0 Å². The highest BCUT2D eigenvalue weighted by atomic mass is 16.3. The summed E-state index contributed by atoms with van der Waals surface area (Å²) in [5.41, 5.74) is 6.00. The van der Waals surface area contributed by atoms with Crippen molar-refractivity contribution in [3.63, 3.8) is 0 Å². The first-order chi connectivity index (χ1) is 5.97. The van der Waals surface area contributed by atoms with Crippen LogP contribution in [0.15, 0.2) is 18.2 Å². The summed E-state index contributed by atoms with van der Waals surface area (Å²) in [5.74, 6) is 0.0668. The van der Waals surface area contributed by atoms with E-state index in [-0.39, 0.29) is 5.75 Å². The summed E-state index contributed by atoms with van der Waals surface area (Å²) in [6.07, 6.45) is 0. The number of phenolic OH excluding ortho intramolecular Hbond substituents is 1. The van der Waals surface area contributed by atoms with Gasteiger partial charge in [0.1, 0.15) is 11.3 Å². The average molecular weight is 176 g/mol. The van der Waals surface area contributed by atoms with E-state index in [9.17, 15) is 5.11 Å². The van der Waals surface area contributed by atoms with Gasteiger partial charge in [-0.2, -0.15) is 5.26 Å². The first-order valence-electron chi connectivity index (χ1n) is 3.97. The Labute approximate surface area is 77.4 Å². The van der Waals surface area contributed by atoms with Crippen LogP contribution in [0, 0.1) is 18.3 Å². The number of hydrogen-bond acceptors (Lipinski definition) is 3. The molecule has 0 aliphatic carbocycles. The molecule has 0 heterocycles. The van der Waals surface area contributed by atoms with Gasteiger partial charge in [0, 0.05) is 5.56 Å². The Kier molecular flexibility index (Phi) is 2.26. The Balaban J connectivity index is 3.30. The maximum atomic E-state index is 9.47. The predicted molar refractivity (Wildman–Crippen MR) is 50.0 cm³/mol. The molecule has 1 aromatic carbocycles. The highest BCUT2D eigenvalue weighted by Crippen LogP contribution is 2.27. The summed E-state index contributed by atoms with van der Waals surface area (Å²) in [7, 11) is 0. The van der Waals surface area contributed by atoms with Crippen molar-refractivity contribution in [3.8, 4) is 11.8 Å². The standard InChI is InChI=1S/C10H12N2O/c1-7-3-4-9(13)8(5-7)10(2,12)6-11/h3-5,13H,12H2,1-2H3/t10-/m0/s1. The van der Waals surface area contributed by atoms with E-state index in [4.69, 9.17) is 11.0 Å². The summed E-state index contributed by atoms with van der Waals surface area (Å²) < 4.78 is 0. The second-order valence-electron chi connectivity index (χ2n) is 3.33. The first kappa shape index (κ1) is 9.56. The van der Waals surface area contributed by atoms with E-state index in [1.54, 1.807) is 25.1 Å². The molecule has 68 valence electrons. The number of benzene rings is 1. The summed E-state index contributed by atoms with van der Waals surface area (Å²) in [6.45, 7) is 3.46. The van der Waals surface area contributed by atoms with Crippen molar-refractivity contribution in [2.45, 2.75) is 19.4 Å². The minimum absolute atomic E-state index is 0.0668. The highest BCUT2D eigenvalue weighted by Gasteiger charge is 2.23. The second-order valence-corrected chi connectivity index (χ2v) is 3.33. The molecule has 1 atom stereocenters. The predicted octanol–water partition coefficient (Wildman–Crippen LogP) is 1.40. The molecule has 0 saturated carbocycles. The maximum absolute atomic E-state index is 9.47. The van der Waals surface area contributed by atoms with Crippen molar-refractivity contribution >= 4 is 0 Å². The maximum Gasteiger partial charge on any atom is 0.130 e. The van der Waals surface area contributed by atoms with Crippen LogP contribution in [0.3, 0.4) is 0 Å². The molecular weight excluding hydrogens is 164 g/mol. The van der Waals surface area contributed by atoms with Gasteiger partial charge in [-0.15, -0.1) is 0 Å². The van der Waals surface area contributed by atoms with Gasteiger partial charge in [0.05, 0.1) is 6.07 Å². The van der Waals surface area contributed by atoms with Crippen LogP contribution < -0.4 is 5.73 Å². The smallest absolute Gasteiger partial charge is 0.130 e. The summed E-state index contributed by atoms with van der Waals surface area (Å²) >= 11 is 0. The van der Waals surface area contributed by atoms with Crippen LogP contribution in [0.1, 0.15) is 18.1 Å². The van der Waals surface area contributed by atoms with Gasteiger partial charge in [0.15, 0.2) is 0 Å². The van der Waals surface area contributed by atoms with Crippen molar-refractivity contribution < 1.29 is 5.11 Å². The average Bonchev–Trinajstić information content (AvgIpc) is 2.09. The number of nitrogens with two attached hydrogens (primary N) is 1. The fourth-order valence-corrected chi connectivity index (χ4v) is 1.13. The fraction of sp³-hybridized carbons (Fsp3) is 0.300. The monoisotopic (exact) mass is 176 g/mol. The lowest BCUT2D eigenvalue weighted by Gasteiger charge is -2.17. The lowest BCUT2D eigenvalue weighted by Crippen LogP contribution is -2.30. The van der Waals surface area contributed by atoms with Gasteiger partial charge in [0.2, 0.25) is 0 Å². The van der Waals surface area contributed by atoms with E-state index in [0.29, 0.717) is 5.56 Å². The molecule has 1 rings (SSSR count). The molecule has 0 amide bonds. The normalized spacial score (nSPS) is 14.6. The zero-order valence-corrected chi connectivity index (χ0v) is 7.70. The number of hydrogen-bond donors (Lipinski definition) is 2. The number of rotatable bonds is 1. The van der Waals surface area contributed by atoms with E-state index >= 15 is 0 Å². The third-order valence-electron chi connectivity index (χ3n) is 1.94. The highest BCUT2D eigenvalue weighted by molar-refractivity contribution is 5.43. The number of nitriles is 1.